The Hall–Kier alpha value is -3.20. The van der Waals surface area contributed by atoms with Gasteiger partial charge >= 0.3 is 5.92 Å². The number of halogens is 4. The van der Waals surface area contributed by atoms with Crippen molar-refractivity contribution in [3.05, 3.63) is 69.5 Å². The summed E-state index contributed by atoms with van der Waals surface area (Å²) in [4.78, 5) is 49.7. The van der Waals surface area contributed by atoms with Crippen LogP contribution in [0.5, 0.6) is 0 Å². The molecule has 2 heterocycles. The summed E-state index contributed by atoms with van der Waals surface area (Å²) >= 11 is 5.58. The standard InChI is InChI=1S/C23H18ClF3N2O4/c24-14-3-5-16(17(25)10-14)23(26,27)19(30)7-2-12-1-4-15-13(9-12)11-29(22(15)33)18-6-8-20(31)28-21(18)32/h1,3-5,9-10,18H,2,6-8,11H2,(H,28,31,32)/i18D. The molecular formula is C23H18ClF3N2O4. The van der Waals surface area contributed by atoms with Gasteiger partial charge in [-0.3, -0.25) is 24.5 Å². The van der Waals surface area contributed by atoms with Gasteiger partial charge in [-0.2, -0.15) is 8.78 Å². The maximum atomic E-state index is 14.5. The average Bonchev–Trinajstić information content (AvgIpc) is 3.11. The van der Waals surface area contributed by atoms with Gasteiger partial charge in [0.1, 0.15) is 11.8 Å². The molecule has 0 spiro atoms. The number of nitrogens with one attached hydrogen (secondary N) is 1. The molecule has 1 unspecified atom stereocenters. The molecule has 0 aromatic heterocycles. The summed E-state index contributed by atoms with van der Waals surface area (Å²) in [6.45, 7) is -0.0762. The number of rotatable bonds is 6. The number of alkyl halides is 2. The van der Waals surface area contributed by atoms with Crippen LogP contribution in [0.1, 0.15) is 47.7 Å². The van der Waals surface area contributed by atoms with Crippen molar-refractivity contribution in [2.45, 2.75) is 44.2 Å². The molecule has 10 heteroatoms. The number of hydrogen-bond acceptors (Lipinski definition) is 4. The first-order valence-corrected chi connectivity index (χ1v) is 10.5. The minimum absolute atomic E-state index is 0.0713. The monoisotopic (exact) mass is 479 g/mol. The number of Topliss-reactive ketones (excluding diaryl/α,β-unsaturated/α-hetero) is 1. The largest absolute Gasteiger partial charge is 0.333 e. The van der Waals surface area contributed by atoms with Crippen molar-refractivity contribution in [1.82, 2.24) is 10.2 Å². The lowest BCUT2D eigenvalue weighted by atomic mass is 9.97. The molecule has 1 saturated heterocycles. The third kappa shape index (κ3) is 4.37. The van der Waals surface area contributed by atoms with Gasteiger partial charge in [0, 0.05) is 30.0 Å². The Morgan fingerprint density at radius 2 is 1.97 bits per heavy atom. The van der Waals surface area contributed by atoms with E-state index in [1.807, 2.05) is 0 Å². The highest BCUT2D eigenvalue weighted by Crippen LogP contribution is 2.34. The van der Waals surface area contributed by atoms with Gasteiger partial charge in [0.05, 0.1) is 6.93 Å². The van der Waals surface area contributed by atoms with Crippen molar-refractivity contribution in [2.75, 3.05) is 0 Å². The zero-order valence-corrected chi connectivity index (χ0v) is 17.8. The lowest BCUT2D eigenvalue weighted by Gasteiger charge is -2.29. The molecule has 2 aliphatic rings. The summed E-state index contributed by atoms with van der Waals surface area (Å²) in [6, 6.07) is 5.12. The number of piperidine rings is 1. The Balaban J connectivity index is 1.47. The number of hydrogen-bond donors (Lipinski definition) is 1. The highest BCUT2D eigenvalue weighted by atomic mass is 35.5. The summed E-state index contributed by atoms with van der Waals surface area (Å²) in [7, 11) is 0. The fourth-order valence-electron chi connectivity index (χ4n) is 3.92. The third-order valence-electron chi connectivity index (χ3n) is 5.66. The maximum Gasteiger partial charge on any atom is 0.333 e. The van der Waals surface area contributed by atoms with Gasteiger partial charge in [-0.1, -0.05) is 23.7 Å². The first-order valence-electron chi connectivity index (χ1n) is 10.6. The molecule has 0 aliphatic carbocycles. The van der Waals surface area contributed by atoms with Crippen LogP contribution in [0.25, 0.3) is 0 Å². The second-order valence-electron chi connectivity index (χ2n) is 7.83. The van der Waals surface area contributed by atoms with Crippen molar-refractivity contribution in [3.63, 3.8) is 0 Å². The van der Waals surface area contributed by atoms with Crippen molar-refractivity contribution < 1.29 is 33.7 Å². The number of ketones is 1. The molecule has 2 aliphatic heterocycles. The number of benzene rings is 2. The van der Waals surface area contributed by atoms with Crippen molar-refractivity contribution in [3.8, 4) is 0 Å². The predicted molar refractivity (Wildman–Crippen MR) is 111 cm³/mol. The van der Waals surface area contributed by atoms with Crippen molar-refractivity contribution in [1.29, 1.82) is 0 Å². The zero-order chi connectivity index (χ0) is 24.8. The molecule has 33 heavy (non-hydrogen) atoms. The fourth-order valence-corrected chi connectivity index (χ4v) is 4.08. The van der Waals surface area contributed by atoms with Gasteiger partial charge < -0.3 is 4.90 Å². The molecular weight excluding hydrogens is 461 g/mol. The van der Waals surface area contributed by atoms with E-state index in [0.29, 0.717) is 17.2 Å². The molecule has 3 amide bonds. The smallest absolute Gasteiger partial charge is 0.322 e. The summed E-state index contributed by atoms with van der Waals surface area (Å²) < 4.78 is 51.4. The molecule has 1 atom stereocenters. The number of aryl methyl sites for hydroxylation is 1. The minimum Gasteiger partial charge on any atom is -0.322 e. The van der Waals surface area contributed by atoms with Gasteiger partial charge in [-0.05, 0) is 48.2 Å². The van der Waals surface area contributed by atoms with Crippen molar-refractivity contribution >= 4 is 35.1 Å². The van der Waals surface area contributed by atoms with Crippen LogP contribution in [0, 0.1) is 5.82 Å². The van der Waals surface area contributed by atoms with E-state index in [9.17, 15) is 32.3 Å². The summed E-state index contributed by atoms with van der Waals surface area (Å²) in [5.41, 5.74) is 0.153. The molecule has 1 fully saturated rings. The van der Waals surface area contributed by atoms with Gasteiger partial charge in [0.25, 0.3) is 5.91 Å². The Kier molecular flexibility index (Phi) is 5.65. The second-order valence-corrected chi connectivity index (χ2v) is 8.26. The van der Waals surface area contributed by atoms with E-state index >= 15 is 0 Å². The maximum absolute atomic E-state index is 14.5. The topological polar surface area (TPSA) is 83.6 Å². The Morgan fingerprint density at radius 1 is 1.21 bits per heavy atom. The SMILES string of the molecule is [2H]C1(N2Cc3cc(CCC(=O)C(F)(F)c4ccc(Cl)cc4F)ccc3C2=O)CCC(=O)NC1=O. The van der Waals surface area contributed by atoms with Crippen LogP contribution >= 0.6 is 11.6 Å². The minimum atomic E-state index is -4.04. The van der Waals surface area contributed by atoms with Gasteiger partial charge in [0.2, 0.25) is 17.6 Å². The molecule has 0 radical (unpaired) electrons. The Morgan fingerprint density at radius 3 is 2.67 bits per heavy atom. The summed E-state index contributed by atoms with van der Waals surface area (Å²) in [5, 5.41) is 2.00. The molecule has 4 rings (SSSR count). The first kappa shape index (κ1) is 21.6. The zero-order valence-electron chi connectivity index (χ0n) is 18.1. The van der Waals surface area contributed by atoms with Gasteiger partial charge in [-0.15, -0.1) is 0 Å². The number of carbonyl (C=O) groups is 4. The molecule has 0 bridgehead atoms. The van der Waals surface area contributed by atoms with Gasteiger partial charge in [0.15, 0.2) is 0 Å². The van der Waals surface area contributed by atoms with Crippen LogP contribution < -0.4 is 5.32 Å². The number of amides is 3. The number of fused-ring (bicyclic) bond motifs is 1. The normalized spacial score (nSPS) is 21.0. The van der Waals surface area contributed by atoms with E-state index in [-0.39, 0.29) is 36.4 Å². The quantitative estimate of drug-likeness (QED) is 0.642. The molecule has 2 aromatic carbocycles. The summed E-state index contributed by atoms with van der Waals surface area (Å²) in [6.07, 6.45) is -0.898. The second kappa shape index (κ2) is 8.62. The van der Waals surface area contributed by atoms with Crippen LogP contribution in [-0.2, 0) is 33.3 Å². The van der Waals surface area contributed by atoms with Crippen LogP contribution in [0.4, 0.5) is 13.2 Å². The van der Waals surface area contributed by atoms with Gasteiger partial charge in [-0.25, -0.2) is 4.39 Å². The molecule has 0 saturated carbocycles. The number of carbonyl (C=O) groups excluding carboxylic acids is 4. The average molecular weight is 480 g/mol. The first-order chi connectivity index (χ1) is 15.9. The van der Waals surface area contributed by atoms with Crippen LogP contribution in [-0.4, -0.2) is 34.4 Å². The highest BCUT2D eigenvalue weighted by Gasteiger charge is 2.42. The molecule has 6 nitrogen and oxygen atoms in total. The molecule has 172 valence electrons. The van der Waals surface area contributed by atoms with Crippen LogP contribution in [0.2, 0.25) is 5.02 Å². The third-order valence-corrected chi connectivity index (χ3v) is 5.90. The Labute approximate surface area is 193 Å². The summed E-state index contributed by atoms with van der Waals surface area (Å²) in [5.74, 6) is -8.74. The molecule has 1 N–H and O–H groups in total. The lowest BCUT2D eigenvalue weighted by Crippen LogP contribution is -2.52. The Bertz CT molecular complexity index is 1240. The molecule has 2 aromatic rings. The van der Waals surface area contributed by atoms with Crippen LogP contribution in [0.15, 0.2) is 36.4 Å². The van der Waals surface area contributed by atoms with Crippen molar-refractivity contribution in [2.24, 2.45) is 0 Å². The van der Waals surface area contributed by atoms with E-state index < -0.39 is 53.2 Å². The van der Waals surface area contributed by atoms with E-state index in [2.05, 4.69) is 5.32 Å². The predicted octanol–water partition coefficient (Wildman–Crippen LogP) is 3.53. The van der Waals surface area contributed by atoms with E-state index in [4.69, 9.17) is 13.0 Å². The number of imide groups is 1. The number of nitrogens with zero attached hydrogens (tertiary/aromatic N) is 1. The van der Waals surface area contributed by atoms with E-state index in [1.165, 1.54) is 12.1 Å². The highest BCUT2D eigenvalue weighted by molar-refractivity contribution is 6.30. The lowest BCUT2D eigenvalue weighted by molar-refractivity contribution is -0.144. The fraction of sp³-hybridized carbons (Fsp3) is 0.304. The van der Waals surface area contributed by atoms with E-state index in [1.54, 1.807) is 6.07 Å². The van der Waals surface area contributed by atoms with Crippen LogP contribution in [0.3, 0.4) is 0 Å². The van der Waals surface area contributed by atoms with E-state index in [0.717, 1.165) is 17.0 Å².